The minimum absolute atomic E-state index is 0.196. The van der Waals surface area contributed by atoms with Crippen LogP contribution in [0.5, 0.6) is 0 Å². The molecular formula is C19H16N6O4. The van der Waals surface area contributed by atoms with Crippen molar-refractivity contribution in [2.75, 3.05) is 11.4 Å². The predicted octanol–water partition coefficient (Wildman–Crippen LogP) is 0.992. The van der Waals surface area contributed by atoms with Gasteiger partial charge in [0.05, 0.1) is 24.0 Å². The van der Waals surface area contributed by atoms with Crippen LogP contribution in [-0.2, 0) is 4.79 Å². The Balaban J connectivity index is 1.45. The zero-order valence-corrected chi connectivity index (χ0v) is 15.7. The van der Waals surface area contributed by atoms with Crippen LogP contribution in [0.2, 0.25) is 0 Å². The summed E-state index contributed by atoms with van der Waals surface area (Å²) in [6.45, 7) is 3.75. The number of aryl methyl sites for hydroxylation is 2. The predicted molar refractivity (Wildman–Crippen MR) is 96.7 cm³/mol. The Kier molecular flexibility index (Phi) is 3.52. The number of urea groups is 1. The Bertz CT molecular complexity index is 1120. The molecule has 4 amide bonds. The molecule has 10 nitrogen and oxygen atoms in total. The maximum absolute atomic E-state index is 13.2. The largest absolute Gasteiger partial charge is 0.361 e. The molecule has 0 N–H and O–H groups in total. The van der Waals surface area contributed by atoms with Crippen LogP contribution < -0.4 is 4.90 Å². The first-order valence-corrected chi connectivity index (χ1v) is 9.18. The maximum Gasteiger partial charge on any atom is 0.332 e. The summed E-state index contributed by atoms with van der Waals surface area (Å²) in [6, 6.07) is 3.36. The molecule has 146 valence electrons. The Morgan fingerprint density at radius 1 is 1.31 bits per heavy atom. The standard InChI is InChI=1S/C19H16N6O4/c1-9-3-11(7-21-14(9)6-20)25-18(27)16-15-5-12(24(16)19(25)28)8-23(15)17(26)13-4-10(2)29-22-13/h3-4,7,12,15-16H,5,8H2,1-2H3/t12?,15?,16-/m1/s1. The fourth-order valence-corrected chi connectivity index (χ4v) is 4.54. The van der Waals surface area contributed by atoms with Crippen molar-refractivity contribution >= 4 is 23.5 Å². The van der Waals surface area contributed by atoms with E-state index < -0.39 is 18.1 Å². The number of nitriles is 1. The number of nitrogens with zero attached hydrogens (tertiary/aromatic N) is 6. The summed E-state index contributed by atoms with van der Waals surface area (Å²) < 4.78 is 4.99. The molecule has 2 bridgehead atoms. The molecule has 3 saturated heterocycles. The minimum atomic E-state index is -0.728. The van der Waals surface area contributed by atoms with Crippen LogP contribution in [0, 0.1) is 25.2 Å². The van der Waals surface area contributed by atoms with Gasteiger partial charge in [-0.1, -0.05) is 5.16 Å². The molecule has 5 heterocycles. The van der Waals surface area contributed by atoms with Crippen molar-refractivity contribution in [1.82, 2.24) is 19.9 Å². The number of carbonyl (C=O) groups excluding carboxylic acids is 3. The summed E-state index contributed by atoms with van der Waals surface area (Å²) in [5.74, 6) is -0.160. The summed E-state index contributed by atoms with van der Waals surface area (Å²) >= 11 is 0. The van der Waals surface area contributed by atoms with Crippen molar-refractivity contribution in [2.45, 2.75) is 38.4 Å². The number of likely N-dealkylation sites (tertiary alicyclic amines) is 1. The number of aromatic nitrogens is 2. The number of amides is 4. The van der Waals surface area contributed by atoms with Crippen LogP contribution in [0.4, 0.5) is 10.5 Å². The van der Waals surface area contributed by atoms with Gasteiger partial charge in [-0.2, -0.15) is 5.26 Å². The van der Waals surface area contributed by atoms with Gasteiger partial charge in [0.1, 0.15) is 23.6 Å². The fourth-order valence-electron chi connectivity index (χ4n) is 4.54. The second kappa shape index (κ2) is 5.88. The zero-order valence-electron chi connectivity index (χ0n) is 15.7. The molecule has 3 atom stereocenters. The van der Waals surface area contributed by atoms with E-state index in [4.69, 9.17) is 9.78 Å². The molecule has 0 spiro atoms. The number of rotatable bonds is 2. The molecule has 10 heteroatoms. The average Bonchev–Trinajstić information content (AvgIpc) is 3.45. The molecule has 3 fully saturated rings. The molecule has 2 unspecified atom stereocenters. The van der Waals surface area contributed by atoms with Gasteiger partial charge in [0.15, 0.2) is 5.69 Å². The molecule has 0 radical (unpaired) electrons. The van der Waals surface area contributed by atoms with Crippen LogP contribution in [0.15, 0.2) is 22.9 Å². The van der Waals surface area contributed by atoms with Gasteiger partial charge in [0, 0.05) is 12.6 Å². The Morgan fingerprint density at radius 2 is 2.10 bits per heavy atom. The third-order valence-corrected chi connectivity index (χ3v) is 5.80. The normalized spacial score (nSPS) is 25.0. The smallest absolute Gasteiger partial charge is 0.332 e. The Hall–Kier alpha value is -3.74. The molecule has 3 aliphatic heterocycles. The van der Waals surface area contributed by atoms with Crippen molar-refractivity contribution in [3.05, 3.63) is 41.0 Å². The quantitative estimate of drug-likeness (QED) is 0.698. The van der Waals surface area contributed by atoms with Gasteiger partial charge in [-0.15, -0.1) is 0 Å². The van der Waals surface area contributed by atoms with Gasteiger partial charge in [0.2, 0.25) is 0 Å². The van der Waals surface area contributed by atoms with Gasteiger partial charge < -0.3 is 14.3 Å². The average molecular weight is 392 g/mol. The van der Waals surface area contributed by atoms with E-state index in [1.807, 2.05) is 6.07 Å². The number of hydrogen-bond acceptors (Lipinski definition) is 7. The van der Waals surface area contributed by atoms with E-state index in [-0.39, 0.29) is 29.2 Å². The van der Waals surface area contributed by atoms with Crippen molar-refractivity contribution in [3.63, 3.8) is 0 Å². The van der Waals surface area contributed by atoms with Crippen molar-refractivity contribution < 1.29 is 18.9 Å². The van der Waals surface area contributed by atoms with Crippen LogP contribution in [0.1, 0.15) is 33.9 Å². The highest BCUT2D eigenvalue weighted by atomic mass is 16.5. The van der Waals surface area contributed by atoms with E-state index in [0.29, 0.717) is 30.0 Å². The Morgan fingerprint density at radius 3 is 2.76 bits per heavy atom. The first kappa shape index (κ1) is 17.4. The molecule has 0 aliphatic carbocycles. The lowest BCUT2D eigenvalue weighted by Gasteiger charge is -2.34. The number of piperazine rings is 1. The van der Waals surface area contributed by atoms with Gasteiger partial charge >= 0.3 is 6.03 Å². The van der Waals surface area contributed by atoms with Crippen LogP contribution in [0.25, 0.3) is 0 Å². The summed E-state index contributed by atoms with van der Waals surface area (Å²) in [7, 11) is 0. The van der Waals surface area contributed by atoms with Crippen molar-refractivity contribution in [2.24, 2.45) is 0 Å². The summed E-state index contributed by atoms with van der Waals surface area (Å²) in [4.78, 5) is 47.3. The molecule has 2 aromatic heterocycles. The molecule has 29 heavy (non-hydrogen) atoms. The SMILES string of the molecule is Cc1cc(C(=O)N2CC3CC2[C@@H]2C(=O)N(c4cnc(C#N)c(C)c4)C(=O)N32)no1. The second-order valence-corrected chi connectivity index (χ2v) is 7.52. The van der Waals surface area contributed by atoms with E-state index >= 15 is 0 Å². The topological polar surface area (TPSA) is 124 Å². The molecule has 3 aliphatic rings. The Labute approximate surface area is 165 Å². The summed E-state index contributed by atoms with van der Waals surface area (Å²) in [5.41, 5.74) is 1.35. The van der Waals surface area contributed by atoms with E-state index in [1.54, 1.807) is 35.8 Å². The van der Waals surface area contributed by atoms with Gasteiger partial charge in [0.25, 0.3) is 11.8 Å². The number of anilines is 1. The van der Waals surface area contributed by atoms with E-state index in [2.05, 4.69) is 10.1 Å². The van der Waals surface area contributed by atoms with Gasteiger partial charge in [-0.3, -0.25) is 9.59 Å². The highest BCUT2D eigenvalue weighted by Gasteiger charge is 2.63. The zero-order chi connectivity index (χ0) is 20.4. The maximum atomic E-state index is 13.2. The summed E-state index contributed by atoms with van der Waals surface area (Å²) in [5, 5.41) is 12.8. The van der Waals surface area contributed by atoms with E-state index in [0.717, 1.165) is 4.90 Å². The number of pyridine rings is 1. The van der Waals surface area contributed by atoms with Gasteiger partial charge in [-0.25, -0.2) is 14.7 Å². The van der Waals surface area contributed by atoms with Crippen LogP contribution >= 0.6 is 0 Å². The second-order valence-electron chi connectivity index (χ2n) is 7.52. The molecule has 2 aromatic rings. The number of carbonyl (C=O) groups is 3. The molecular weight excluding hydrogens is 376 g/mol. The molecule has 0 aromatic carbocycles. The first-order chi connectivity index (χ1) is 13.9. The fraction of sp³-hybridized carbons (Fsp3) is 0.368. The minimum Gasteiger partial charge on any atom is -0.361 e. The third kappa shape index (κ3) is 2.30. The number of fused-ring (bicyclic) bond motifs is 5. The first-order valence-electron chi connectivity index (χ1n) is 9.18. The monoisotopic (exact) mass is 392 g/mol. The van der Waals surface area contributed by atoms with Crippen LogP contribution in [0.3, 0.4) is 0 Å². The highest BCUT2D eigenvalue weighted by Crippen LogP contribution is 2.42. The van der Waals surface area contributed by atoms with Crippen molar-refractivity contribution in [1.29, 1.82) is 5.26 Å². The lowest BCUT2D eigenvalue weighted by molar-refractivity contribution is -0.121. The molecule has 0 saturated carbocycles. The number of imide groups is 1. The molecule has 5 rings (SSSR count). The van der Waals surface area contributed by atoms with Gasteiger partial charge in [-0.05, 0) is 31.9 Å². The van der Waals surface area contributed by atoms with E-state index in [9.17, 15) is 14.4 Å². The summed E-state index contributed by atoms with van der Waals surface area (Å²) in [6.07, 6.45) is 1.91. The lowest BCUT2D eigenvalue weighted by atomic mass is 10.1. The lowest BCUT2D eigenvalue weighted by Crippen LogP contribution is -2.54. The number of hydrogen-bond donors (Lipinski definition) is 0. The highest BCUT2D eigenvalue weighted by molar-refractivity contribution is 6.22. The van der Waals surface area contributed by atoms with Crippen molar-refractivity contribution in [3.8, 4) is 6.07 Å². The van der Waals surface area contributed by atoms with E-state index in [1.165, 1.54) is 6.20 Å². The van der Waals surface area contributed by atoms with Crippen LogP contribution in [-0.4, -0.2) is 62.5 Å². The third-order valence-electron chi connectivity index (χ3n) is 5.80.